The van der Waals surface area contributed by atoms with Crippen molar-refractivity contribution in [3.63, 3.8) is 0 Å². The average Bonchev–Trinajstić information content (AvgIpc) is 2.30. The number of hydrogen-bond acceptors (Lipinski definition) is 3. The molecule has 1 aromatic rings. The Morgan fingerprint density at radius 1 is 1.40 bits per heavy atom. The molecule has 0 radical (unpaired) electrons. The fourth-order valence-corrected chi connectivity index (χ4v) is 2.66. The molecular formula is C11H14ClNOS. The SMILES string of the molecule is NC(c1ccc(Cl)cc1)C1CSCCO1. The molecule has 0 bridgehead atoms. The molecule has 2 N–H and O–H groups in total. The fourth-order valence-electron chi connectivity index (χ4n) is 1.61. The highest BCUT2D eigenvalue weighted by Gasteiger charge is 2.22. The lowest BCUT2D eigenvalue weighted by atomic mass is 10.0. The van der Waals surface area contributed by atoms with Crippen molar-refractivity contribution in [2.45, 2.75) is 12.1 Å². The summed E-state index contributed by atoms with van der Waals surface area (Å²) in [7, 11) is 0. The molecule has 2 rings (SSSR count). The second kappa shape index (κ2) is 5.21. The zero-order valence-corrected chi connectivity index (χ0v) is 9.93. The van der Waals surface area contributed by atoms with Crippen molar-refractivity contribution in [2.24, 2.45) is 5.73 Å². The first-order valence-corrected chi connectivity index (χ1v) is 6.51. The van der Waals surface area contributed by atoms with Crippen LogP contribution in [0.1, 0.15) is 11.6 Å². The van der Waals surface area contributed by atoms with Crippen LogP contribution in [0.2, 0.25) is 5.02 Å². The summed E-state index contributed by atoms with van der Waals surface area (Å²) in [6.07, 6.45) is 0.130. The standard InChI is InChI=1S/C11H14ClNOS/c12-9-3-1-8(2-4-9)11(13)10-7-15-6-5-14-10/h1-4,10-11H,5-7,13H2. The van der Waals surface area contributed by atoms with Crippen LogP contribution in [0.3, 0.4) is 0 Å². The van der Waals surface area contributed by atoms with Crippen molar-refractivity contribution in [3.05, 3.63) is 34.9 Å². The topological polar surface area (TPSA) is 35.2 Å². The maximum Gasteiger partial charge on any atom is 0.0858 e. The maximum atomic E-state index is 6.14. The smallest absolute Gasteiger partial charge is 0.0858 e. The Morgan fingerprint density at radius 2 is 2.13 bits per heavy atom. The van der Waals surface area contributed by atoms with Gasteiger partial charge in [-0.05, 0) is 17.7 Å². The van der Waals surface area contributed by atoms with E-state index in [1.54, 1.807) is 0 Å². The van der Waals surface area contributed by atoms with Gasteiger partial charge in [0.05, 0.1) is 18.8 Å². The Morgan fingerprint density at radius 3 is 2.73 bits per heavy atom. The third-order valence-corrected chi connectivity index (χ3v) is 3.77. The first kappa shape index (κ1) is 11.3. The van der Waals surface area contributed by atoms with E-state index in [9.17, 15) is 0 Å². The summed E-state index contributed by atoms with van der Waals surface area (Å²) in [6.45, 7) is 0.802. The van der Waals surface area contributed by atoms with Crippen LogP contribution in [-0.2, 0) is 4.74 Å². The lowest BCUT2D eigenvalue weighted by Crippen LogP contribution is -2.34. The lowest BCUT2D eigenvalue weighted by Gasteiger charge is -2.27. The quantitative estimate of drug-likeness (QED) is 0.867. The van der Waals surface area contributed by atoms with Gasteiger partial charge in [-0.2, -0.15) is 11.8 Å². The summed E-state index contributed by atoms with van der Waals surface area (Å²) < 4.78 is 5.65. The van der Waals surface area contributed by atoms with E-state index < -0.39 is 0 Å². The second-order valence-corrected chi connectivity index (χ2v) is 5.15. The molecule has 2 nitrogen and oxygen atoms in total. The molecule has 1 aromatic carbocycles. The van der Waals surface area contributed by atoms with Crippen molar-refractivity contribution in [1.82, 2.24) is 0 Å². The minimum Gasteiger partial charge on any atom is -0.375 e. The van der Waals surface area contributed by atoms with Gasteiger partial charge in [0.1, 0.15) is 0 Å². The zero-order chi connectivity index (χ0) is 10.7. The highest BCUT2D eigenvalue weighted by atomic mass is 35.5. The molecule has 0 saturated carbocycles. The van der Waals surface area contributed by atoms with Gasteiger partial charge in [0, 0.05) is 16.5 Å². The van der Waals surface area contributed by atoms with Crippen LogP contribution in [0.4, 0.5) is 0 Å². The Bertz CT molecular complexity index is 311. The number of hydrogen-bond donors (Lipinski definition) is 1. The number of nitrogens with two attached hydrogens (primary N) is 1. The van der Waals surface area contributed by atoms with Crippen molar-refractivity contribution < 1.29 is 4.74 Å². The van der Waals surface area contributed by atoms with E-state index in [1.807, 2.05) is 36.0 Å². The lowest BCUT2D eigenvalue weighted by molar-refractivity contribution is 0.0569. The van der Waals surface area contributed by atoms with Gasteiger partial charge in [0.2, 0.25) is 0 Å². The van der Waals surface area contributed by atoms with E-state index >= 15 is 0 Å². The Balaban J connectivity index is 2.05. The number of ether oxygens (including phenoxy) is 1. The third-order valence-electron chi connectivity index (χ3n) is 2.50. The van der Waals surface area contributed by atoms with Crippen molar-refractivity contribution in [2.75, 3.05) is 18.1 Å². The molecule has 0 aliphatic carbocycles. The molecule has 0 amide bonds. The highest BCUT2D eigenvalue weighted by molar-refractivity contribution is 7.99. The number of thioether (sulfide) groups is 1. The van der Waals surface area contributed by atoms with E-state index in [1.165, 1.54) is 0 Å². The van der Waals surface area contributed by atoms with Gasteiger partial charge in [0.15, 0.2) is 0 Å². The molecule has 0 aromatic heterocycles. The van der Waals surface area contributed by atoms with Gasteiger partial charge < -0.3 is 10.5 Å². The summed E-state index contributed by atoms with van der Waals surface area (Å²) in [5.74, 6) is 2.05. The molecule has 82 valence electrons. The van der Waals surface area contributed by atoms with Gasteiger partial charge in [-0.1, -0.05) is 23.7 Å². The molecule has 2 atom stereocenters. The van der Waals surface area contributed by atoms with Crippen LogP contribution in [-0.4, -0.2) is 24.2 Å². The van der Waals surface area contributed by atoms with Crippen LogP contribution in [0.5, 0.6) is 0 Å². The molecule has 1 heterocycles. The monoisotopic (exact) mass is 243 g/mol. The molecule has 1 aliphatic rings. The van der Waals surface area contributed by atoms with E-state index in [0.29, 0.717) is 0 Å². The fraction of sp³-hybridized carbons (Fsp3) is 0.455. The first-order valence-electron chi connectivity index (χ1n) is 4.98. The average molecular weight is 244 g/mol. The third kappa shape index (κ3) is 2.88. The summed E-state index contributed by atoms with van der Waals surface area (Å²) in [5.41, 5.74) is 7.23. The van der Waals surface area contributed by atoms with E-state index in [2.05, 4.69) is 0 Å². The molecular weight excluding hydrogens is 230 g/mol. The van der Waals surface area contributed by atoms with Crippen molar-refractivity contribution in [3.8, 4) is 0 Å². The minimum atomic E-state index is -0.0462. The van der Waals surface area contributed by atoms with Crippen molar-refractivity contribution >= 4 is 23.4 Å². The number of rotatable bonds is 2. The molecule has 1 aliphatic heterocycles. The van der Waals surface area contributed by atoms with Gasteiger partial charge in [-0.3, -0.25) is 0 Å². The van der Waals surface area contributed by atoms with Gasteiger partial charge in [-0.25, -0.2) is 0 Å². The summed E-state index contributed by atoms with van der Waals surface area (Å²) in [6, 6.07) is 7.63. The normalized spacial score (nSPS) is 23.7. The Kier molecular flexibility index (Phi) is 3.92. The first-order chi connectivity index (χ1) is 7.27. The minimum absolute atomic E-state index is 0.0462. The highest BCUT2D eigenvalue weighted by Crippen LogP contribution is 2.24. The summed E-state index contributed by atoms with van der Waals surface area (Å²) in [4.78, 5) is 0. The van der Waals surface area contributed by atoms with Crippen LogP contribution in [0.15, 0.2) is 24.3 Å². The van der Waals surface area contributed by atoms with Crippen LogP contribution >= 0.6 is 23.4 Å². The van der Waals surface area contributed by atoms with Crippen molar-refractivity contribution in [1.29, 1.82) is 0 Å². The van der Waals surface area contributed by atoms with E-state index in [0.717, 1.165) is 28.7 Å². The number of benzene rings is 1. The second-order valence-electron chi connectivity index (χ2n) is 3.56. The molecule has 1 saturated heterocycles. The zero-order valence-electron chi connectivity index (χ0n) is 8.36. The molecule has 4 heteroatoms. The Hall–Kier alpha value is -0.220. The van der Waals surface area contributed by atoms with Gasteiger partial charge >= 0.3 is 0 Å². The molecule has 2 unspecified atom stereocenters. The van der Waals surface area contributed by atoms with Crippen LogP contribution in [0, 0.1) is 0 Å². The van der Waals surface area contributed by atoms with Crippen LogP contribution in [0.25, 0.3) is 0 Å². The predicted octanol–water partition coefficient (Wildman–Crippen LogP) is 2.47. The molecule has 0 spiro atoms. The van der Waals surface area contributed by atoms with Gasteiger partial charge in [0.25, 0.3) is 0 Å². The van der Waals surface area contributed by atoms with E-state index in [4.69, 9.17) is 22.1 Å². The largest absolute Gasteiger partial charge is 0.375 e. The summed E-state index contributed by atoms with van der Waals surface area (Å²) in [5, 5.41) is 0.741. The Labute approximate surface area is 99.1 Å². The maximum absolute atomic E-state index is 6.14. The van der Waals surface area contributed by atoms with Crippen LogP contribution < -0.4 is 5.73 Å². The van der Waals surface area contributed by atoms with E-state index in [-0.39, 0.29) is 12.1 Å². The summed E-state index contributed by atoms with van der Waals surface area (Å²) >= 11 is 7.72. The molecule has 1 fully saturated rings. The number of halogens is 1. The predicted molar refractivity (Wildman–Crippen MR) is 65.4 cm³/mol. The molecule has 15 heavy (non-hydrogen) atoms. The van der Waals surface area contributed by atoms with Gasteiger partial charge in [-0.15, -0.1) is 0 Å².